The summed E-state index contributed by atoms with van der Waals surface area (Å²) in [6, 6.07) is 0. The second kappa shape index (κ2) is 10.2. The third kappa shape index (κ3) is 9.38. The fraction of sp³-hybridized carbons (Fsp3) is 0.833. The lowest BCUT2D eigenvalue weighted by atomic mass is 9.99. The highest BCUT2D eigenvalue weighted by atomic mass is 28.4. The maximum absolute atomic E-state index is 11.8. The van der Waals surface area contributed by atoms with Crippen LogP contribution in [-0.4, -0.2) is 71.9 Å². The number of rotatable bonds is 8. The molecule has 0 aromatic heterocycles. The van der Waals surface area contributed by atoms with Crippen molar-refractivity contribution in [3.8, 4) is 0 Å². The van der Waals surface area contributed by atoms with E-state index >= 15 is 0 Å². The summed E-state index contributed by atoms with van der Waals surface area (Å²) in [5.41, 5.74) is 0. The minimum Gasteiger partial charge on any atom is -0.463 e. The van der Waals surface area contributed by atoms with Gasteiger partial charge in [-0.1, -0.05) is 0 Å². The van der Waals surface area contributed by atoms with Crippen molar-refractivity contribution in [1.29, 1.82) is 0 Å². The van der Waals surface area contributed by atoms with Crippen molar-refractivity contribution in [2.75, 3.05) is 6.61 Å². The summed E-state index contributed by atoms with van der Waals surface area (Å²) in [6.07, 6.45) is -4.42. The lowest BCUT2D eigenvalue weighted by Crippen LogP contribution is -2.65. The van der Waals surface area contributed by atoms with Crippen LogP contribution in [0.15, 0.2) is 0 Å². The van der Waals surface area contributed by atoms with Gasteiger partial charge in [-0.2, -0.15) is 0 Å². The van der Waals surface area contributed by atoms with Crippen molar-refractivity contribution in [3.05, 3.63) is 0 Å². The minimum absolute atomic E-state index is 0.111. The number of esters is 3. The highest BCUT2D eigenvalue weighted by Gasteiger charge is 2.53. The smallest absolute Gasteiger partial charge is 0.305 e. The van der Waals surface area contributed by atoms with E-state index in [2.05, 4.69) is 0 Å². The van der Waals surface area contributed by atoms with E-state index in [9.17, 15) is 14.4 Å². The van der Waals surface area contributed by atoms with E-state index in [0.29, 0.717) is 0 Å². The van der Waals surface area contributed by atoms with E-state index < -0.39 is 65.2 Å². The van der Waals surface area contributed by atoms with E-state index in [-0.39, 0.29) is 6.61 Å². The molecule has 0 N–H and O–H groups in total. The van der Waals surface area contributed by atoms with Gasteiger partial charge in [0.25, 0.3) is 0 Å². The van der Waals surface area contributed by atoms with E-state index in [1.807, 2.05) is 39.3 Å². The molecule has 0 bridgehead atoms. The predicted octanol–water partition coefficient (Wildman–Crippen LogP) is 2.21. The molecule has 1 aliphatic heterocycles. The summed E-state index contributed by atoms with van der Waals surface area (Å²) in [5.74, 6) is -1.64. The van der Waals surface area contributed by atoms with Gasteiger partial charge in [-0.3, -0.25) is 14.4 Å². The highest BCUT2D eigenvalue weighted by molar-refractivity contribution is 6.70. The summed E-state index contributed by atoms with van der Waals surface area (Å²) >= 11 is 0. The Bertz CT molecular complexity index is 597. The van der Waals surface area contributed by atoms with Crippen molar-refractivity contribution in [3.63, 3.8) is 0 Å². The molecule has 0 aromatic rings. The molecule has 1 aliphatic rings. The Labute approximate surface area is 174 Å². The minimum atomic E-state index is -2.16. The Balaban J connectivity index is 3.39. The first-order chi connectivity index (χ1) is 13.1. The molecule has 1 fully saturated rings. The Kier molecular flexibility index (Phi) is 9.02. The average Bonchev–Trinajstić information content (AvgIpc) is 2.48. The third-order valence-corrected chi connectivity index (χ3v) is 5.56. The molecule has 29 heavy (non-hydrogen) atoms. The second-order valence-electron chi connectivity index (χ2n) is 8.92. The Morgan fingerprint density at radius 2 is 1.21 bits per heavy atom. The molecule has 0 aromatic carbocycles. The number of carbonyl (C=O) groups excluding carboxylic acids is 3. The molecule has 0 spiro atoms. The summed E-state index contributed by atoms with van der Waals surface area (Å²) in [5, 5.41) is 0. The van der Waals surface area contributed by atoms with Crippen LogP contribution in [0.4, 0.5) is 0 Å². The van der Waals surface area contributed by atoms with Crippen LogP contribution in [-0.2, 0) is 42.2 Å². The van der Waals surface area contributed by atoms with Gasteiger partial charge in [0.15, 0.2) is 22.7 Å². The van der Waals surface area contributed by atoms with E-state index in [4.69, 9.17) is 27.8 Å². The van der Waals surface area contributed by atoms with Gasteiger partial charge in [-0.05, 0) is 39.3 Å². The van der Waals surface area contributed by atoms with Crippen molar-refractivity contribution >= 4 is 34.5 Å². The number of hydrogen-bond acceptors (Lipinski definition) is 9. The van der Waals surface area contributed by atoms with Gasteiger partial charge in [0.2, 0.25) is 6.29 Å². The molecule has 1 heterocycles. The summed E-state index contributed by atoms with van der Waals surface area (Å²) < 4.78 is 34.5. The maximum atomic E-state index is 11.8. The zero-order chi connectivity index (χ0) is 22.6. The lowest BCUT2D eigenvalue weighted by Gasteiger charge is -2.48. The molecule has 11 heteroatoms. The molecule has 0 radical (unpaired) electrons. The topological polar surface area (TPSA) is 107 Å². The standard InChI is InChI=1S/C18H34O9Si2/c1-11(19)22-10-14-15(26-28(4,5)6)16(27-29(7,8)9)17(23-12(2)20)18(25-14)24-13(3)21/h14-18H,10H2,1-9H3/t14-,15+,16+,17-,18?/m1/s1. The van der Waals surface area contributed by atoms with Crippen molar-refractivity contribution in [2.45, 2.75) is 90.8 Å². The summed E-state index contributed by atoms with van der Waals surface area (Å²) in [6.45, 7) is 15.6. The van der Waals surface area contributed by atoms with Gasteiger partial charge in [0.05, 0.1) is 0 Å². The highest BCUT2D eigenvalue weighted by Crippen LogP contribution is 2.33. The van der Waals surface area contributed by atoms with Crippen molar-refractivity contribution in [2.24, 2.45) is 0 Å². The molecule has 1 rings (SSSR count). The molecule has 1 unspecified atom stereocenters. The Morgan fingerprint density at radius 1 is 0.724 bits per heavy atom. The van der Waals surface area contributed by atoms with Crippen LogP contribution < -0.4 is 0 Å². The molecule has 0 amide bonds. The zero-order valence-corrected chi connectivity index (χ0v) is 20.8. The molecule has 0 saturated carbocycles. The zero-order valence-electron chi connectivity index (χ0n) is 18.8. The van der Waals surface area contributed by atoms with Crippen LogP contribution in [0.5, 0.6) is 0 Å². The van der Waals surface area contributed by atoms with Gasteiger partial charge in [-0.15, -0.1) is 0 Å². The van der Waals surface area contributed by atoms with Gasteiger partial charge >= 0.3 is 17.9 Å². The van der Waals surface area contributed by atoms with Crippen LogP contribution in [0.25, 0.3) is 0 Å². The van der Waals surface area contributed by atoms with Crippen LogP contribution >= 0.6 is 0 Å². The van der Waals surface area contributed by atoms with Crippen molar-refractivity contribution < 1.29 is 42.2 Å². The van der Waals surface area contributed by atoms with Crippen LogP contribution in [0, 0.1) is 0 Å². The van der Waals surface area contributed by atoms with Gasteiger partial charge in [-0.25, -0.2) is 0 Å². The molecule has 9 nitrogen and oxygen atoms in total. The predicted molar refractivity (Wildman–Crippen MR) is 109 cm³/mol. The quantitative estimate of drug-likeness (QED) is 0.312. The molecule has 168 valence electrons. The third-order valence-electron chi connectivity index (χ3n) is 3.61. The van der Waals surface area contributed by atoms with E-state index in [1.54, 1.807) is 0 Å². The monoisotopic (exact) mass is 450 g/mol. The Hall–Kier alpha value is -1.28. The number of carbonyl (C=O) groups is 3. The fourth-order valence-corrected chi connectivity index (χ4v) is 5.07. The normalized spacial score (nSPS) is 27.8. The van der Waals surface area contributed by atoms with Gasteiger partial charge in [0, 0.05) is 20.8 Å². The Morgan fingerprint density at radius 3 is 1.62 bits per heavy atom. The van der Waals surface area contributed by atoms with Crippen LogP contribution in [0.3, 0.4) is 0 Å². The van der Waals surface area contributed by atoms with E-state index in [1.165, 1.54) is 20.8 Å². The summed E-state index contributed by atoms with van der Waals surface area (Å²) in [4.78, 5) is 34.8. The van der Waals surface area contributed by atoms with Crippen LogP contribution in [0.2, 0.25) is 39.3 Å². The molecular weight excluding hydrogens is 416 g/mol. The van der Waals surface area contributed by atoms with Crippen molar-refractivity contribution in [1.82, 2.24) is 0 Å². The number of ether oxygens (including phenoxy) is 4. The first-order valence-electron chi connectivity index (χ1n) is 9.58. The maximum Gasteiger partial charge on any atom is 0.305 e. The lowest BCUT2D eigenvalue weighted by molar-refractivity contribution is -0.290. The molecule has 0 aliphatic carbocycles. The van der Waals surface area contributed by atoms with Gasteiger partial charge in [0.1, 0.15) is 24.9 Å². The first-order valence-corrected chi connectivity index (χ1v) is 16.4. The molecular formula is C18H34O9Si2. The second-order valence-corrected chi connectivity index (χ2v) is 17.8. The fourth-order valence-electron chi connectivity index (χ4n) is 2.88. The van der Waals surface area contributed by atoms with Gasteiger partial charge < -0.3 is 27.8 Å². The SMILES string of the molecule is CC(=O)OC[C@H]1OC(OC(C)=O)[C@H](OC(C)=O)[C@@H](O[Si](C)(C)C)[C@H]1O[Si](C)(C)C. The molecule has 1 saturated heterocycles. The summed E-state index contributed by atoms with van der Waals surface area (Å²) in [7, 11) is -4.27. The van der Waals surface area contributed by atoms with E-state index in [0.717, 1.165) is 0 Å². The largest absolute Gasteiger partial charge is 0.463 e. The number of hydrogen-bond donors (Lipinski definition) is 0. The van der Waals surface area contributed by atoms with Crippen LogP contribution in [0.1, 0.15) is 20.8 Å². The first kappa shape index (κ1) is 25.8. The average molecular weight is 451 g/mol. The molecule has 5 atom stereocenters.